The van der Waals surface area contributed by atoms with Crippen molar-refractivity contribution in [2.75, 3.05) is 0 Å². The maximum Gasteiger partial charge on any atom is 0.0708 e. The van der Waals surface area contributed by atoms with Gasteiger partial charge >= 0.3 is 0 Å². The van der Waals surface area contributed by atoms with Crippen LogP contribution in [0.25, 0.3) is 33.0 Å². The molecule has 35 heavy (non-hydrogen) atoms. The Bertz CT molecular complexity index is 1570. The third-order valence-corrected chi connectivity index (χ3v) is 7.24. The van der Waals surface area contributed by atoms with Crippen molar-refractivity contribution in [3.05, 3.63) is 113 Å². The molecule has 0 atom stereocenters. The third-order valence-electron chi connectivity index (χ3n) is 7.24. The Balaban J connectivity index is 1.84. The summed E-state index contributed by atoms with van der Waals surface area (Å²) < 4.78 is 2.47. The number of aromatic nitrogens is 2. The van der Waals surface area contributed by atoms with Crippen molar-refractivity contribution in [1.29, 1.82) is 0 Å². The Hall–Kier alpha value is -3.65. The van der Waals surface area contributed by atoms with Crippen LogP contribution in [0.3, 0.4) is 0 Å². The average molecular weight is 459 g/mol. The molecule has 0 unspecified atom stereocenters. The van der Waals surface area contributed by atoms with Crippen molar-refractivity contribution >= 4 is 33.0 Å². The van der Waals surface area contributed by atoms with Crippen LogP contribution in [0.4, 0.5) is 0 Å². The van der Waals surface area contributed by atoms with E-state index in [-0.39, 0.29) is 0 Å². The fourth-order valence-electron chi connectivity index (χ4n) is 5.22. The second-order valence-corrected chi connectivity index (χ2v) is 10.2. The van der Waals surface area contributed by atoms with Crippen LogP contribution >= 0.6 is 0 Å². The molecule has 0 bridgehead atoms. The van der Waals surface area contributed by atoms with Gasteiger partial charge in [-0.05, 0) is 90.8 Å². The summed E-state index contributed by atoms with van der Waals surface area (Å²) in [5, 5.41) is 2.48. The van der Waals surface area contributed by atoms with E-state index in [2.05, 4.69) is 113 Å². The summed E-state index contributed by atoms with van der Waals surface area (Å²) >= 11 is 0. The highest BCUT2D eigenvalue weighted by Gasteiger charge is 2.24. The van der Waals surface area contributed by atoms with Gasteiger partial charge in [0.2, 0.25) is 0 Å². The molecule has 0 saturated carbocycles. The van der Waals surface area contributed by atoms with E-state index in [0.29, 0.717) is 5.92 Å². The number of rotatable bonds is 5. The lowest BCUT2D eigenvalue weighted by atomic mass is 9.89. The van der Waals surface area contributed by atoms with Crippen molar-refractivity contribution in [2.24, 2.45) is 0 Å². The summed E-state index contributed by atoms with van der Waals surface area (Å²) in [4.78, 5) is 4.96. The van der Waals surface area contributed by atoms with Gasteiger partial charge in [-0.15, -0.1) is 0 Å². The predicted octanol–water partition coefficient (Wildman–Crippen LogP) is 8.91. The van der Waals surface area contributed by atoms with Crippen molar-refractivity contribution in [2.45, 2.75) is 53.5 Å². The summed E-state index contributed by atoms with van der Waals surface area (Å²) in [7, 11) is 0. The van der Waals surface area contributed by atoms with Crippen molar-refractivity contribution < 1.29 is 0 Å². The van der Waals surface area contributed by atoms with Gasteiger partial charge in [0.25, 0.3) is 0 Å². The maximum absolute atomic E-state index is 4.96. The van der Waals surface area contributed by atoms with E-state index in [1.807, 2.05) is 0 Å². The second-order valence-electron chi connectivity index (χ2n) is 10.2. The molecule has 0 spiro atoms. The minimum Gasteiger partial charge on any atom is -0.336 e. The smallest absolute Gasteiger partial charge is 0.0708 e. The first-order valence-electron chi connectivity index (χ1n) is 12.5. The third kappa shape index (κ3) is 3.97. The number of allylic oxidation sites excluding steroid dienone is 6. The van der Waals surface area contributed by atoms with Gasteiger partial charge in [-0.25, -0.2) is 0 Å². The minimum absolute atomic E-state index is 0.364. The number of nitrogens with zero attached hydrogens (tertiary/aromatic N) is 2. The predicted molar refractivity (Wildman–Crippen MR) is 152 cm³/mol. The minimum atomic E-state index is 0.364. The molecule has 2 heteroatoms. The monoisotopic (exact) mass is 458 g/mol. The molecule has 1 aliphatic carbocycles. The van der Waals surface area contributed by atoms with Gasteiger partial charge in [0.1, 0.15) is 0 Å². The molecule has 176 valence electrons. The molecule has 4 aromatic rings. The van der Waals surface area contributed by atoms with Crippen LogP contribution in [0.2, 0.25) is 0 Å². The average Bonchev–Trinajstić information content (AvgIpc) is 3.12. The molecule has 2 aromatic heterocycles. The topological polar surface area (TPSA) is 17.8 Å². The number of benzene rings is 2. The lowest BCUT2D eigenvalue weighted by molar-refractivity contribution is 0.800. The van der Waals surface area contributed by atoms with Crippen LogP contribution in [-0.4, -0.2) is 9.55 Å². The molecule has 0 radical (unpaired) electrons. The first-order chi connectivity index (χ1) is 16.8. The number of hydrogen-bond donors (Lipinski definition) is 0. The Morgan fingerprint density at radius 2 is 1.80 bits per heavy atom. The van der Waals surface area contributed by atoms with Gasteiger partial charge in [0.15, 0.2) is 0 Å². The van der Waals surface area contributed by atoms with Crippen LogP contribution < -0.4 is 0 Å². The summed E-state index contributed by atoms with van der Waals surface area (Å²) in [6.45, 7) is 20.6. The Morgan fingerprint density at radius 1 is 1.06 bits per heavy atom. The fraction of sp³-hybridized carbons (Fsp3) is 0.242. The summed E-state index contributed by atoms with van der Waals surface area (Å²) in [6, 6.07) is 15.5. The SMILES string of the molecule is C=C1CC=CC=C1c1c(C(=C)C)n(Cc2cc(C(C)C)nc3ccccc23)c2cc(C)c(C)cc12. The largest absolute Gasteiger partial charge is 0.336 e. The molecule has 0 aliphatic heterocycles. The zero-order valence-corrected chi connectivity index (χ0v) is 21.6. The van der Waals surface area contributed by atoms with Crippen molar-refractivity contribution in [3.63, 3.8) is 0 Å². The molecule has 2 nitrogen and oxygen atoms in total. The summed E-state index contributed by atoms with van der Waals surface area (Å²) in [5.74, 6) is 0.364. The van der Waals surface area contributed by atoms with E-state index in [1.54, 1.807) is 0 Å². The van der Waals surface area contributed by atoms with E-state index < -0.39 is 0 Å². The molecule has 0 fully saturated rings. The highest BCUT2D eigenvalue weighted by molar-refractivity contribution is 6.03. The standard InChI is InChI=1S/C33H34N2/c1-20(2)30-18-25(27-14-10-11-15-29(27)34-30)19-35-31-17-24(7)23(6)16-28(31)32(33(35)21(3)4)26-13-9-8-12-22(26)5/h8-11,13-18,20H,3,5,12,19H2,1-2,4,6-7H3. The van der Waals surface area contributed by atoms with Crippen LogP contribution in [0, 0.1) is 13.8 Å². The van der Waals surface area contributed by atoms with E-state index in [0.717, 1.165) is 35.3 Å². The molecule has 1 aliphatic rings. The van der Waals surface area contributed by atoms with Gasteiger partial charge in [0, 0.05) is 34.1 Å². The van der Waals surface area contributed by atoms with Gasteiger partial charge < -0.3 is 4.57 Å². The van der Waals surface area contributed by atoms with E-state index >= 15 is 0 Å². The zero-order valence-electron chi connectivity index (χ0n) is 21.6. The molecular formula is C33H34N2. The highest BCUT2D eigenvalue weighted by Crippen LogP contribution is 2.41. The quantitative estimate of drug-likeness (QED) is 0.292. The number of pyridine rings is 1. The number of fused-ring (bicyclic) bond motifs is 2. The Labute approximate surface area is 209 Å². The molecule has 0 N–H and O–H groups in total. The molecule has 0 saturated heterocycles. The number of aryl methyl sites for hydroxylation is 2. The van der Waals surface area contributed by atoms with Gasteiger partial charge in [-0.2, -0.15) is 0 Å². The second kappa shape index (κ2) is 8.85. The summed E-state index contributed by atoms with van der Waals surface area (Å²) in [6.07, 6.45) is 7.43. The van der Waals surface area contributed by atoms with Crippen LogP contribution in [0.1, 0.15) is 66.8 Å². The molecule has 2 aromatic carbocycles. The number of para-hydroxylation sites is 1. The molecular weight excluding hydrogens is 424 g/mol. The zero-order chi connectivity index (χ0) is 24.9. The van der Waals surface area contributed by atoms with E-state index in [4.69, 9.17) is 4.98 Å². The lowest BCUT2D eigenvalue weighted by Crippen LogP contribution is -2.07. The first-order valence-corrected chi connectivity index (χ1v) is 12.5. The van der Waals surface area contributed by atoms with E-state index in [9.17, 15) is 0 Å². The van der Waals surface area contributed by atoms with E-state index in [1.165, 1.54) is 49.8 Å². The maximum atomic E-state index is 4.96. The Morgan fingerprint density at radius 3 is 2.51 bits per heavy atom. The summed E-state index contributed by atoms with van der Waals surface area (Å²) in [5.41, 5.74) is 13.2. The molecule has 2 heterocycles. The molecule has 0 amide bonds. The van der Waals surface area contributed by atoms with Crippen molar-refractivity contribution in [1.82, 2.24) is 9.55 Å². The fourth-order valence-corrected chi connectivity index (χ4v) is 5.22. The normalized spacial score (nSPS) is 13.8. The van der Waals surface area contributed by atoms with Crippen LogP contribution in [0.15, 0.2) is 79.4 Å². The lowest BCUT2D eigenvalue weighted by Gasteiger charge is -2.18. The van der Waals surface area contributed by atoms with Crippen LogP contribution in [-0.2, 0) is 6.54 Å². The van der Waals surface area contributed by atoms with Gasteiger partial charge in [0.05, 0.1) is 11.2 Å². The van der Waals surface area contributed by atoms with Crippen LogP contribution in [0.5, 0.6) is 0 Å². The molecule has 5 rings (SSSR count). The first kappa shape index (κ1) is 23.1. The Kier molecular flexibility index (Phi) is 5.84. The highest BCUT2D eigenvalue weighted by atomic mass is 15.0. The van der Waals surface area contributed by atoms with Crippen molar-refractivity contribution in [3.8, 4) is 0 Å². The number of hydrogen-bond acceptors (Lipinski definition) is 1. The van der Waals surface area contributed by atoms with Gasteiger partial charge in [-0.1, -0.05) is 63.4 Å². The van der Waals surface area contributed by atoms with Gasteiger partial charge in [-0.3, -0.25) is 4.98 Å².